The van der Waals surface area contributed by atoms with E-state index in [1.54, 1.807) is 0 Å². The first-order valence-corrected chi connectivity index (χ1v) is 5.62. The summed E-state index contributed by atoms with van der Waals surface area (Å²) in [6.45, 7) is 3.26. The summed E-state index contributed by atoms with van der Waals surface area (Å²) < 4.78 is 9.17. The van der Waals surface area contributed by atoms with Gasteiger partial charge in [-0.3, -0.25) is 14.4 Å². The topological polar surface area (TPSA) is 69.7 Å². The van der Waals surface area contributed by atoms with Gasteiger partial charge in [-0.25, -0.2) is 0 Å². The van der Waals surface area contributed by atoms with Crippen LogP contribution in [0.2, 0.25) is 0 Å². The van der Waals surface area contributed by atoms with Gasteiger partial charge >= 0.3 is 11.9 Å². The van der Waals surface area contributed by atoms with Crippen LogP contribution in [0, 0.1) is 11.8 Å². The van der Waals surface area contributed by atoms with Crippen molar-refractivity contribution in [1.82, 2.24) is 0 Å². The number of hydrogen-bond acceptors (Lipinski definition) is 5. The van der Waals surface area contributed by atoms with Gasteiger partial charge in [-0.05, 0) is 19.3 Å². The van der Waals surface area contributed by atoms with E-state index in [9.17, 15) is 14.4 Å². The van der Waals surface area contributed by atoms with Gasteiger partial charge in [0.05, 0.1) is 14.2 Å². The van der Waals surface area contributed by atoms with Crippen molar-refractivity contribution in [2.24, 2.45) is 11.8 Å². The molecule has 0 spiro atoms. The minimum absolute atomic E-state index is 0.0592. The minimum atomic E-state index is -0.876. The maximum absolute atomic E-state index is 11.5. The molecule has 98 valence electrons. The summed E-state index contributed by atoms with van der Waals surface area (Å²) >= 11 is 0. The predicted molar refractivity (Wildman–Crippen MR) is 61.2 cm³/mol. The van der Waals surface area contributed by atoms with Crippen molar-refractivity contribution in [1.29, 1.82) is 0 Å². The normalized spacial score (nSPS) is 13.6. The molecular weight excluding hydrogens is 224 g/mol. The maximum atomic E-state index is 11.5. The quantitative estimate of drug-likeness (QED) is 0.499. The van der Waals surface area contributed by atoms with E-state index in [1.807, 2.05) is 6.92 Å². The molecule has 2 atom stereocenters. The fourth-order valence-corrected chi connectivity index (χ4v) is 1.87. The van der Waals surface area contributed by atoms with E-state index in [-0.39, 0.29) is 18.1 Å². The molecule has 0 saturated heterocycles. The highest BCUT2D eigenvalue weighted by atomic mass is 16.5. The van der Waals surface area contributed by atoms with Crippen LogP contribution in [0.25, 0.3) is 0 Å². The van der Waals surface area contributed by atoms with Crippen LogP contribution in [0.1, 0.15) is 33.1 Å². The molecule has 0 aliphatic rings. The van der Waals surface area contributed by atoms with Crippen LogP contribution < -0.4 is 0 Å². The summed E-state index contributed by atoms with van der Waals surface area (Å²) in [6, 6.07) is 0. The molecule has 0 fully saturated rings. The smallest absolute Gasteiger partial charge is 0.316 e. The van der Waals surface area contributed by atoms with Crippen molar-refractivity contribution in [3.05, 3.63) is 0 Å². The van der Waals surface area contributed by atoms with E-state index in [2.05, 4.69) is 9.47 Å². The first kappa shape index (κ1) is 15.6. The van der Waals surface area contributed by atoms with E-state index in [0.29, 0.717) is 6.42 Å². The molecule has 0 aromatic carbocycles. The maximum Gasteiger partial charge on any atom is 0.316 e. The van der Waals surface area contributed by atoms with Crippen LogP contribution in [-0.4, -0.2) is 31.9 Å². The van der Waals surface area contributed by atoms with Crippen LogP contribution >= 0.6 is 0 Å². The lowest BCUT2D eigenvalue weighted by molar-refractivity contribution is -0.152. The number of rotatable bonds is 7. The molecule has 0 radical (unpaired) electrons. The zero-order valence-electron chi connectivity index (χ0n) is 10.8. The predicted octanol–water partition coefficient (Wildman–Crippen LogP) is 1.34. The number of carbonyl (C=O) groups is 3. The van der Waals surface area contributed by atoms with Crippen molar-refractivity contribution >= 4 is 17.7 Å². The average molecular weight is 244 g/mol. The van der Waals surface area contributed by atoms with Crippen molar-refractivity contribution in [2.75, 3.05) is 14.2 Å². The first-order chi connectivity index (χ1) is 7.97. The number of ether oxygens (including phenoxy) is 2. The van der Waals surface area contributed by atoms with Gasteiger partial charge in [-0.2, -0.15) is 0 Å². The van der Waals surface area contributed by atoms with Crippen molar-refractivity contribution in [2.45, 2.75) is 33.1 Å². The lowest BCUT2D eigenvalue weighted by Gasteiger charge is -2.21. The molecule has 0 bridgehead atoms. The second-order valence-corrected chi connectivity index (χ2v) is 3.94. The molecule has 2 unspecified atom stereocenters. The number of methoxy groups -OCH3 is 2. The Bertz CT molecular complexity index is 285. The van der Waals surface area contributed by atoms with Gasteiger partial charge in [0.25, 0.3) is 0 Å². The summed E-state index contributed by atoms with van der Waals surface area (Å²) in [5, 5.41) is 0. The fourth-order valence-electron chi connectivity index (χ4n) is 1.87. The van der Waals surface area contributed by atoms with Gasteiger partial charge in [0.15, 0.2) is 0 Å². The van der Waals surface area contributed by atoms with E-state index < -0.39 is 17.9 Å². The molecule has 0 rings (SSSR count). The van der Waals surface area contributed by atoms with Crippen LogP contribution in [0.5, 0.6) is 0 Å². The molecule has 0 aromatic heterocycles. The third-order valence-corrected chi connectivity index (χ3v) is 2.68. The third-order valence-electron chi connectivity index (χ3n) is 2.68. The van der Waals surface area contributed by atoms with E-state index in [1.165, 1.54) is 21.1 Å². The third kappa shape index (κ3) is 4.97. The first-order valence-electron chi connectivity index (χ1n) is 5.62. The Kier molecular flexibility index (Phi) is 7.18. The van der Waals surface area contributed by atoms with Gasteiger partial charge in [0.2, 0.25) is 0 Å². The van der Waals surface area contributed by atoms with E-state index >= 15 is 0 Å². The molecular formula is C12H20O5. The van der Waals surface area contributed by atoms with Gasteiger partial charge in [-0.15, -0.1) is 0 Å². The number of hydrogen-bond donors (Lipinski definition) is 0. The average Bonchev–Trinajstić information content (AvgIpc) is 2.28. The summed E-state index contributed by atoms with van der Waals surface area (Å²) in [7, 11) is 2.52. The Labute approximate surface area is 101 Å². The number of esters is 2. The second-order valence-electron chi connectivity index (χ2n) is 3.94. The molecule has 0 aliphatic carbocycles. The second kappa shape index (κ2) is 7.81. The molecule has 0 heterocycles. The lowest BCUT2D eigenvalue weighted by atomic mass is 9.83. The Morgan fingerprint density at radius 2 is 1.71 bits per heavy atom. The van der Waals surface area contributed by atoms with Crippen molar-refractivity contribution < 1.29 is 23.9 Å². The Morgan fingerprint density at radius 1 is 1.12 bits per heavy atom. The largest absolute Gasteiger partial charge is 0.469 e. The lowest BCUT2D eigenvalue weighted by Crippen LogP contribution is -2.32. The molecule has 5 heteroatoms. The van der Waals surface area contributed by atoms with Gasteiger partial charge in [0.1, 0.15) is 11.7 Å². The molecule has 0 N–H and O–H groups in total. The fraction of sp³-hybridized carbons (Fsp3) is 0.750. The summed E-state index contributed by atoms with van der Waals surface area (Å²) in [5.74, 6) is -2.51. The van der Waals surface area contributed by atoms with Crippen LogP contribution in [0.15, 0.2) is 0 Å². The molecule has 0 aliphatic heterocycles. The zero-order chi connectivity index (χ0) is 13.4. The van der Waals surface area contributed by atoms with Crippen LogP contribution in [0.3, 0.4) is 0 Å². The number of Topliss-reactive ketones (excluding diaryl/α,β-unsaturated/α-hetero) is 1. The monoisotopic (exact) mass is 244 g/mol. The highest BCUT2D eigenvalue weighted by Gasteiger charge is 2.34. The highest BCUT2D eigenvalue weighted by molar-refractivity contribution is 5.98. The summed E-state index contributed by atoms with van der Waals surface area (Å²) in [6.07, 6.45) is 1.45. The Balaban J connectivity index is 4.88. The number of carbonyl (C=O) groups excluding carboxylic acids is 3. The van der Waals surface area contributed by atoms with Crippen molar-refractivity contribution in [3.63, 3.8) is 0 Å². The van der Waals surface area contributed by atoms with E-state index in [4.69, 9.17) is 0 Å². The Hall–Kier alpha value is -1.39. The number of ketones is 1. The van der Waals surface area contributed by atoms with Gasteiger partial charge in [0, 0.05) is 6.42 Å². The summed E-state index contributed by atoms with van der Waals surface area (Å²) in [4.78, 5) is 34.3. The standard InChI is InChI=1S/C12H20O5/c1-5-6-9(7-10(14)16-3)11(8(2)13)12(15)17-4/h9,11H,5-7H2,1-4H3. The SMILES string of the molecule is CCCC(CC(=O)OC)C(C(C)=O)C(=O)OC. The van der Waals surface area contributed by atoms with Crippen LogP contribution in [0.4, 0.5) is 0 Å². The molecule has 17 heavy (non-hydrogen) atoms. The molecule has 0 aromatic rings. The van der Waals surface area contributed by atoms with Crippen LogP contribution in [-0.2, 0) is 23.9 Å². The minimum Gasteiger partial charge on any atom is -0.469 e. The molecule has 0 saturated carbocycles. The van der Waals surface area contributed by atoms with Gasteiger partial charge in [-0.1, -0.05) is 13.3 Å². The van der Waals surface area contributed by atoms with Gasteiger partial charge < -0.3 is 9.47 Å². The molecule has 5 nitrogen and oxygen atoms in total. The molecule has 0 amide bonds. The van der Waals surface area contributed by atoms with Crippen molar-refractivity contribution in [3.8, 4) is 0 Å². The zero-order valence-corrected chi connectivity index (χ0v) is 10.8. The highest BCUT2D eigenvalue weighted by Crippen LogP contribution is 2.24. The Morgan fingerprint density at radius 3 is 2.06 bits per heavy atom. The van der Waals surface area contributed by atoms with E-state index in [0.717, 1.165) is 6.42 Å². The summed E-state index contributed by atoms with van der Waals surface area (Å²) in [5.41, 5.74) is 0.